The first-order valence-corrected chi connectivity index (χ1v) is 8.26. The normalized spacial score (nSPS) is 14.5. The van der Waals surface area contributed by atoms with Crippen molar-refractivity contribution in [2.45, 2.75) is 24.2 Å². The van der Waals surface area contributed by atoms with E-state index >= 15 is 0 Å². The molecule has 6 heteroatoms. The van der Waals surface area contributed by atoms with Crippen molar-refractivity contribution in [2.24, 2.45) is 0 Å². The van der Waals surface area contributed by atoms with Gasteiger partial charge in [0.15, 0.2) is 0 Å². The molecule has 21 heavy (non-hydrogen) atoms. The molecule has 1 aromatic carbocycles. The highest BCUT2D eigenvalue weighted by Gasteiger charge is 2.23. The van der Waals surface area contributed by atoms with Crippen LogP contribution in [0.15, 0.2) is 47.6 Å². The highest BCUT2D eigenvalue weighted by atomic mass is 32.2. The molecule has 4 rings (SSSR count). The van der Waals surface area contributed by atoms with E-state index in [1.807, 2.05) is 6.07 Å². The van der Waals surface area contributed by atoms with E-state index in [0.717, 1.165) is 45.5 Å². The van der Waals surface area contributed by atoms with Crippen molar-refractivity contribution in [3.8, 4) is 0 Å². The quantitative estimate of drug-likeness (QED) is 0.727. The number of aromatic nitrogens is 3. The summed E-state index contributed by atoms with van der Waals surface area (Å²) in [6, 6.07) is 8.59. The molecule has 0 radical (unpaired) electrons. The third-order valence-corrected chi connectivity index (χ3v) is 5.36. The van der Waals surface area contributed by atoms with Gasteiger partial charge in [0, 0.05) is 17.8 Å². The van der Waals surface area contributed by atoms with Gasteiger partial charge < -0.3 is 0 Å². The zero-order chi connectivity index (χ0) is 14.4. The summed E-state index contributed by atoms with van der Waals surface area (Å²) in [6.45, 7) is 0. The Kier molecular flexibility index (Phi) is 2.62. The van der Waals surface area contributed by atoms with Crippen LogP contribution in [0.5, 0.6) is 0 Å². The number of hydrogen-bond donors (Lipinski definition) is 0. The van der Waals surface area contributed by atoms with Crippen LogP contribution in [0.4, 0.5) is 0 Å². The Morgan fingerprint density at radius 2 is 2.05 bits per heavy atom. The molecule has 0 unspecified atom stereocenters. The van der Waals surface area contributed by atoms with E-state index in [-0.39, 0.29) is 4.90 Å². The average molecular weight is 299 g/mol. The van der Waals surface area contributed by atoms with Crippen molar-refractivity contribution in [3.63, 3.8) is 0 Å². The predicted molar refractivity (Wildman–Crippen MR) is 78.6 cm³/mol. The summed E-state index contributed by atoms with van der Waals surface area (Å²) in [4.78, 5) is 4.44. The number of rotatable bonds is 2. The van der Waals surface area contributed by atoms with Crippen LogP contribution in [0.1, 0.15) is 17.7 Å². The van der Waals surface area contributed by atoms with E-state index in [1.54, 1.807) is 36.7 Å². The van der Waals surface area contributed by atoms with Crippen LogP contribution in [-0.2, 0) is 22.9 Å². The second kappa shape index (κ2) is 4.39. The first kappa shape index (κ1) is 12.5. The van der Waals surface area contributed by atoms with Crippen molar-refractivity contribution >= 4 is 20.9 Å². The van der Waals surface area contributed by atoms with Crippen molar-refractivity contribution in [1.82, 2.24) is 14.2 Å². The standard InChI is InChI=1S/C15H13N3O2S/c19-21(20,18-10-12-3-1-5-15(12)17-18)13-6-7-14-11(9-13)4-2-8-16-14/h2,4,6-10H,1,3,5H2. The maximum Gasteiger partial charge on any atom is 0.282 e. The highest BCUT2D eigenvalue weighted by molar-refractivity contribution is 7.89. The van der Waals surface area contributed by atoms with E-state index < -0.39 is 10.0 Å². The first-order valence-electron chi connectivity index (χ1n) is 6.82. The lowest BCUT2D eigenvalue weighted by molar-refractivity contribution is 0.578. The van der Waals surface area contributed by atoms with Gasteiger partial charge in [0.2, 0.25) is 0 Å². The topological polar surface area (TPSA) is 64.8 Å². The van der Waals surface area contributed by atoms with Crippen LogP contribution in [0, 0.1) is 0 Å². The molecule has 0 saturated heterocycles. The minimum atomic E-state index is -3.63. The van der Waals surface area contributed by atoms with Gasteiger partial charge in [0.05, 0.1) is 16.1 Å². The molecule has 5 nitrogen and oxygen atoms in total. The first-order chi connectivity index (χ1) is 10.1. The average Bonchev–Trinajstić information content (AvgIpc) is 3.08. The molecular formula is C15H13N3O2S. The second-order valence-electron chi connectivity index (χ2n) is 5.19. The minimum absolute atomic E-state index is 0.240. The molecule has 0 saturated carbocycles. The molecule has 106 valence electrons. The molecular weight excluding hydrogens is 286 g/mol. The summed E-state index contributed by atoms with van der Waals surface area (Å²) in [5, 5.41) is 5.04. The van der Waals surface area contributed by atoms with Crippen LogP contribution in [0.3, 0.4) is 0 Å². The molecule has 2 heterocycles. The number of hydrogen-bond acceptors (Lipinski definition) is 4. The molecule has 0 fully saturated rings. The fraction of sp³-hybridized carbons (Fsp3) is 0.200. The number of nitrogens with zero attached hydrogens (tertiary/aromatic N) is 3. The molecule has 0 aliphatic heterocycles. The Hall–Kier alpha value is -2.21. The third-order valence-electron chi connectivity index (χ3n) is 3.83. The van der Waals surface area contributed by atoms with Crippen LogP contribution in [0.25, 0.3) is 10.9 Å². The molecule has 0 bridgehead atoms. The van der Waals surface area contributed by atoms with Crippen LogP contribution < -0.4 is 0 Å². The Balaban J connectivity index is 1.85. The zero-order valence-corrected chi connectivity index (χ0v) is 12.0. The Labute approximate surface area is 122 Å². The van der Waals surface area contributed by atoms with Gasteiger partial charge in [0.1, 0.15) is 0 Å². The van der Waals surface area contributed by atoms with Crippen molar-refractivity contribution in [3.05, 3.63) is 54.0 Å². The van der Waals surface area contributed by atoms with Gasteiger partial charge in [-0.25, -0.2) is 0 Å². The zero-order valence-electron chi connectivity index (χ0n) is 11.2. The van der Waals surface area contributed by atoms with E-state index in [9.17, 15) is 8.42 Å². The molecule has 0 N–H and O–H groups in total. The van der Waals surface area contributed by atoms with Crippen molar-refractivity contribution in [1.29, 1.82) is 0 Å². The number of aryl methyl sites for hydroxylation is 2. The molecule has 0 amide bonds. The SMILES string of the molecule is O=S(=O)(c1ccc2ncccc2c1)n1cc2c(n1)CCC2. The monoisotopic (exact) mass is 299 g/mol. The Morgan fingerprint density at radius 3 is 2.90 bits per heavy atom. The lowest BCUT2D eigenvalue weighted by Crippen LogP contribution is -2.14. The Morgan fingerprint density at radius 1 is 1.14 bits per heavy atom. The summed E-state index contributed by atoms with van der Waals surface area (Å²) in [5.74, 6) is 0. The van der Waals surface area contributed by atoms with Crippen LogP contribution >= 0.6 is 0 Å². The van der Waals surface area contributed by atoms with Crippen LogP contribution in [-0.4, -0.2) is 22.6 Å². The molecule has 0 atom stereocenters. The Bertz CT molecular complexity index is 923. The van der Waals surface area contributed by atoms with Gasteiger partial charge >= 0.3 is 0 Å². The third kappa shape index (κ3) is 1.94. The molecule has 0 spiro atoms. The van der Waals surface area contributed by atoms with E-state index in [4.69, 9.17) is 0 Å². The van der Waals surface area contributed by atoms with Crippen molar-refractivity contribution < 1.29 is 8.42 Å². The van der Waals surface area contributed by atoms with E-state index in [0.29, 0.717) is 0 Å². The molecule has 2 aromatic heterocycles. The molecule has 1 aliphatic rings. The lowest BCUT2D eigenvalue weighted by Gasteiger charge is -2.06. The highest BCUT2D eigenvalue weighted by Crippen LogP contribution is 2.24. The number of fused-ring (bicyclic) bond motifs is 2. The maximum atomic E-state index is 12.7. The predicted octanol–water partition coefficient (Wildman–Crippen LogP) is 2.16. The lowest BCUT2D eigenvalue weighted by atomic mass is 10.2. The van der Waals surface area contributed by atoms with Gasteiger partial charge in [-0.2, -0.15) is 17.6 Å². The van der Waals surface area contributed by atoms with Gasteiger partial charge in [0.25, 0.3) is 10.0 Å². The summed E-state index contributed by atoms with van der Waals surface area (Å²) in [5.41, 5.74) is 2.72. The fourth-order valence-electron chi connectivity index (χ4n) is 2.73. The summed E-state index contributed by atoms with van der Waals surface area (Å²) >= 11 is 0. The van der Waals surface area contributed by atoms with Crippen LogP contribution in [0.2, 0.25) is 0 Å². The van der Waals surface area contributed by atoms with Crippen molar-refractivity contribution in [2.75, 3.05) is 0 Å². The summed E-state index contributed by atoms with van der Waals surface area (Å²) in [6.07, 6.45) is 6.16. The van der Waals surface area contributed by atoms with Gasteiger partial charge in [-0.3, -0.25) is 4.98 Å². The maximum absolute atomic E-state index is 12.7. The fourth-order valence-corrected chi connectivity index (χ4v) is 3.93. The summed E-state index contributed by atoms with van der Waals surface area (Å²) in [7, 11) is -3.63. The smallest absolute Gasteiger partial charge is 0.256 e. The number of pyridine rings is 1. The molecule has 1 aliphatic carbocycles. The molecule has 3 aromatic rings. The van der Waals surface area contributed by atoms with E-state index in [2.05, 4.69) is 10.1 Å². The minimum Gasteiger partial charge on any atom is -0.256 e. The summed E-state index contributed by atoms with van der Waals surface area (Å²) < 4.78 is 26.4. The number of benzene rings is 1. The van der Waals surface area contributed by atoms with Gasteiger partial charge in [-0.1, -0.05) is 6.07 Å². The van der Waals surface area contributed by atoms with E-state index in [1.165, 1.54) is 0 Å². The second-order valence-corrected chi connectivity index (χ2v) is 6.99. The van der Waals surface area contributed by atoms with Gasteiger partial charge in [-0.05, 0) is 49.1 Å². The van der Waals surface area contributed by atoms with Gasteiger partial charge in [-0.15, -0.1) is 0 Å². The largest absolute Gasteiger partial charge is 0.282 e.